The van der Waals surface area contributed by atoms with Crippen molar-refractivity contribution in [3.8, 4) is 28.4 Å². The van der Waals surface area contributed by atoms with Gasteiger partial charge in [-0.15, -0.1) is 0 Å². The third kappa shape index (κ3) is 9.92. The number of hydrogen-bond donors (Lipinski definition) is 0. The second kappa shape index (κ2) is 15.8. The summed E-state index contributed by atoms with van der Waals surface area (Å²) in [5, 5.41) is 0. The van der Waals surface area contributed by atoms with Gasteiger partial charge in [0.05, 0.1) is 44.5 Å². The van der Waals surface area contributed by atoms with Gasteiger partial charge in [-0.3, -0.25) is 4.79 Å². The summed E-state index contributed by atoms with van der Waals surface area (Å²) >= 11 is 0. The summed E-state index contributed by atoms with van der Waals surface area (Å²) in [5.41, 5.74) is 1.95. The molecule has 0 N–H and O–H groups in total. The Morgan fingerprint density at radius 3 is 1.68 bits per heavy atom. The molecule has 3 rings (SSSR count). The van der Waals surface area contributed by atoms with Crippen LogP contribution in [0, 0.1) is 11.3 Å². The topological polar surface area (TPSA) is 89.5 Å². The maximum Gasteiger partial charge on any atom is 0.343 e. The van der Waals surface area contributed by atoms with Crippen LogP contribution in [0.5, 0.6) is 17.2 Å². The lowest BCUT2D eigenvalue weighted by Gasteiger charge is -2.26. The van der Waals surface area contributed by atoms with E-state index in [0.717, 1.165) is 16.9 Å². The third-order valence-electron chi connectivity index (χ3n) is 6.88. The van der Waals surface area contributed by atoms with E-state index in [1.54, 1.807) is 43.5 Å². The summed E-state index contributed by atoms with van der Waals surface area (Å²) in [5.74, 6) is 1.41. The van der Waals surface area contributed by atoms with Crippen molar-refractivity contribution < 1.29 is 38.0 Å². The van der Waals surface area contributed by atoms with Crippen LogP contribution in [-0.4, -0.2) is 58.7 Å². The van der Waals surface area contributed by atoms with Gasteiger partial charge in [-0.1, -0.05) is 38.1 Å². The quantitative estimate of drug-likeness (QED) is 0.115. The van der Waals surface area contributed by atoms with Gasteiger partial charge >= 0.3 is 11.9 Å². The van der Waals surface area contributed by atoms with Crippen LogP contribution in [0.4, 0.5) is 0 Å². The molecule has 0 aliphatic rings. The molecular weight excluding hydrogens is 524 g/mol. The van der Waals surface area contributed by atoms with Crippen LogP contribution in [0.25, 0.3) is 11.1 Å². The van der Waals surface area contributed by atoms with Crippen LogP contribution in [-0.2, 0) is 19.0 Å². The minimum atomic E-state index is -0.515. The first-order chi connectivity index (χ1) is 19.7. The largest absolute Gasteiger partial charge is 0.497 e. The monoisotopic (exact) mass is 564 g/mol. The van der Waals surface area contributed by atoms with E-state index in [4.69, 9.17) is 28.4 Å². The summed E-state index contributed by atoms with van der Waals surface area (Å²) in [6, 6.07) is 21.9. The minimum absolute atomic E-state index is 0.196. The molecule has 3 aromatic carbocycles. The van der Waals surface area contributed by atoms with Crippen molar-refractivity contribution in [1.29, 1.82) is 0 Å². The Labute approximate surface area is 242 Å². The highest BCUT2D eigenvalue weighted by atomic mass is 16.6. The molecule has 3 aromatic rings. The van der Waals surface area contributed by atoms with Gasteiger partial charge in [0, 0.05) is 0 Å². The van der Waals surface area contributed by atoms with E-state index < -0.39 is 11.4 Å². The molecule has 41 heavy (non-hydrogen) atoms. The normalized spacial score (nSPS) is 11.3. The molecule has 0 aliphatic heterocycles. The van der Waals surface area contributed by atoms with Gasteiger partial charge < -0.3 is 28.4 Å². The number of benzene rings is 3. The SMILES string of the molecule is COc1ccc(-c2ccc(OC(=O)c3ccc(OCCOCCOCCOC(=O)C(C)(C)C(C)C)cc3)cc2)cc1. The average molecular weight is 565 g/mol. The molecule has 220 valence electrons. The first kappa shape index (κ1) is 31.6. The van der Waals surface area contributed by atoms with Gasteiger partial charge in [-0.25, -0.2) is 4.79 Å². The van der Waals surface area contributed by atoms with Crippen molar-refractivity contribution in [2.24, 2.45) is 11.3 Å². The molecule has 0 radical (unpaired) electrons. The van der Waals surface area contributed by atoms with Crippen molar-refractivity contribution in [2.75, 3.05) is 46.8 Å². The lowest BCUT2D eigenvalue weighted by molar-refractivity contribution is -0.158. The minimum Gasteiger partial charge on any atom is -0.497 e. The molecule has 0 saturated carbocycles. The molecular formula is C33H40O8. The summed E-state index contributed by atoms with van der Waals surface area (Å²) in [6.45, 7) is 9.83. The highest BCUT2D eigenvalue weighted by molar-refractivity contribution is 5.91. The number of ether oxygens (including phenoxy) is 6. The van der Waals surface area contributed by atoms with Gasteiger partial charge in [0.2, 0.25) is 0 Å². The zero-order chi connectivity index (χ0) is 29.7. The Morgan fingerprint density at radius 2 is 1.15 bits per heavy atom. The molecule has 0 heterocycles. The van der Waals surface area contributed by atoms with Crippen molar-refractivity contribution in [2.45, 2.75) is 27.7 Å². The van der Waals surface area contributed by atoms with Gasteiger partial charge in [0.1, 0.15) is 30.5 Å². The van der Waals surface area contributed by atoms with Crippen LogP contribution in [0.15, 0.2) is 72.8 Å². The molecule has 8 heteroatoms. The molecule has 0 fully saturated rings. The average Bonchev–Trinajstić information content (AvgIpc) is 2.98. The zero-order valence-electron chi connectivity index (χ0n) is 24.5. The Bertz CT molecular complexity index is 1220. The van der Waals surface area contributed by atoms with E-state index >= 15 is 0 Å². The van der Waals surface area contributed by atoms with Crippen molar-refractivity contribution in [1.82, 2.24) is 0 Å². The lowest BCUT2D eigenvalue weighted by Crippen LogP contribution is -2.32. The molecule has 0 spiro atoms. The van der Waals surface area contributed by atoms with E-state index in [9.17, 15) is 9.59 Å². The van der Waals surface area contributed by atoms with Crippen molar-refractivity contribution >= 4 is 11.9 Å². The standard InChI is InChI=1S/C33H40O8/c1-24(2)33(3,4)32(35)40-23-21-38-19-18-37-20-22-39-29-14-10-27(11-15-29)31(34)41-30-16-8-26(9-17-30)25-6-12-28(36-5)13-7-25/h6-17,24H,18-23H2,1-5H3. The summed E-state index contributed by atoms with van der Waals surface area (Å²) < 4.78 is 32.6. The predicted molar refractivity (Wildman–Crippen MR) is 157 cm³/mol. The Kier molecular flexibility index (Phi) is 12.2. The van der Waals surface area contributed by atoms with Crippen LogP contribution in [0.3, 0.4) is 0 Å². The first-order valence-electron chi connectivity index (χ1n) is 13.7. The Balaban J connectivity index is 1.29. The molecule has 0 unspecified atom stereocenters. The molecule has 0 amide bonds. The smallest absolute Gasteiger partial charge is 0.343 e. The summed E-state index contributed by atoms with van der Waals surface area (Å²) in [6.07, 6.45) is 0. The number of carbonyl (C=O) groups excluding carboxylic acids is 2. The van der Waals surface area contributed by atoms with Gasteiger partial charge in [0.15, 0.2) is 0 Å². The second-order valence-corrected chi connectivity index (χ2v) is 10.3. The maximum atomic E-state index is 12.5. The van der Waals surface area contributed by atoms with E-state index in [1.807, 2.05) is 64.1 Å². The fourth-order valence-electron chi connectivity index (χ4n) is 3.51. The van der Waals surface area contributed by atoms with Gasteiger partial charge in [-0.05, 0) is 79.4 Å². The third-order valence-corrected chi connectivity index (χ3v) is 6.88. The number of carbonyl (C=O) groups is 2. The predicted octanol–water partition coefficient (Wildman–Crippen LogP) is 6.22. The van der Waals surface area contributed by atoms with E-state index in [-0.39, 0.29) is 18.5 Å². The van der Waals surface area contributed by atoms with E-state index in [1.165, 1.54) is 0 Å². The Hall–Kier alpha value is -3.88. The highest BCUT2D eigenvalue weighted by Crippen LogP contribution is 2.27. The van der Waals surface area contributed by atoms with Crippen LogP contribution in [0.2, 0.25) is 0 Å². The number of hydrogen-bond acceptors (Lipinski definition) is 8. The fourth-order valence-corrected chi connectivity index (χ4v) is 3.51. The second-order valence-electron chi connectivity index (χ2n) is 10.3. The first-order valence-corrected chi connectivity index (χ1v) is 13.7. The van der Waals surface area contributed by atoms with Crippen LogP contribution in [0.1, 0.15) is 38.1 Å². The molecule has 0 aromatic heterocycles. The van der Waals surface area contributed by atoms with Crippen LogP contribution < -0.4 is 14.2 Å². The van der Waals surface area contributed by atoms with E-state index in [2.05, 4.69) is 0 Å². The Morgan fingerprint density at radius 1 is 0.659 bits per heavy atom. The van der Waals surface area contributed by atoms with E-state index in [0.29, 0.717) is 50.1 Å². The fraction of sp³-hybridized carbons (Fsp3) is 0.394. The highest BCUT2D eigenvalue weighted by Gasteiger charge is 2.32. The molecule has 0 saturated heterocycles. The lowest BCUT2D eigenvalue weighted by atomic mass is 9.81. The number of esters is 2. The molecule has 0 aliphatic carbocycles. The van der Waals surface area contributed by atoms with Crippen molar-refractivity contribution in [3.63, 3.8) is 0 Å². The van der Waals surface area contributed by atoms with Gasteiger partial charge in [0.25, 0.3) is 0 Å². The molecule has 8 nitrogen and oxygen atoms in total. The molecule has 0 bridgehead atoms. The van der Waals surface area contributed by atoms with Crippen molar-refractivity contribution in [3.05, 3.63) is 78.4 Å². The zero-order valence-corrected chi connectivity index (χ0v) is 24.5. The maximum absolute atomic E-state index is 12.5. The number of rotatable bonds is 16. The molecule has 0 atom stereocenters. The van der Waals surface area contributed by atoms with Gasteiger partial charge in [-0.2, -0.15) is 0 Å². The van der Waals surface area contributed by atoms with Crippen LogP contribution >= 0.6 is 0 Å². The number of methoxy groups -OCH3 is 1. The summed E-state index contributed by atoms with van der Waals surface area (Å²) in [7, 11) is 1.63. The summed E-state index contributed by atoms with van der Waals surface area (Å²) in [4.78, 5) is 24.6.